The lowest BCUT2D eigenvalue weighted by Crippen LogP contribution is -2.36. The third-order valence-corrected chi connectivity index (χ3v) is 4.13. The number of carbonyl (C=O) groups is 1. The van der Waals surface area contributed by atoms with E-state index in [1.54, 1.807) is 12.0 Å². The second-order valence-electron chi connectivity index (χ2n) is 5.68. The number of likely N-dealkylation sites (N-methyl/N-ethyl adjacent to an activating group) is 1. The molecule has 2 aromatic rings. The van der Waals surface area contributed by atoms with E-state index in [0.717, 1.165) is 23.3 Å². The van der Waals surface area contributed by atoms with Gasteiger partial charge in [-0.05, 0) is 42.7 Å². The highest BCUT2D eigenvalue weighted by molar-refractivity contribution is 5.94. The van der Waals surface area contributed by atoms with Crippen LogP contribution in [0.25, 0.3) is 0 Å². The van der Waals surface area contributed by atoms with Crippen LogP contribution in [0.3, 0.4) is 0 Å². The second kappa shape index (κ2) is 9.30. The molecule has 2 aromatic carbocycles. The molecule has 0 radical (unpaired) electrons. The Hall–Kier alpha value is -2.04. The molecule has 0 bridgehead atoms. The Labute approximate surface area is 150 Å². The average Bonchev–Trinajstić information content (AvgIpc) is 2.61. The molecule has 0 saturated carbocycles. The molecule has 1 unspecified atom stereocenters. The molecule has 0 aromatic heterocycles. The molecule has 2 rings (SSSR count). The Bertz CT molecular complexity index is 659. The minimum Gasteiger partial charge on any atom is -0.496 e. The summed E-state index contributed by atoms with van der Waals surface area (Å²) in [5.74, 6) is 0.864. The fraction of sp³-hybridized carbons (Fsp3) is 0.316. The van der Waals surface area contributed by atoms with Crippen molar-refractivity contribution in [2.45, 2.75) is 25.9 Å². The predicted octanol–water partition coefficient (Wildman–Crippen LogP) is 3.28. The number of nitrogens with zero attached hydrogens (tertiary/aromatic N) is 1. The van der Waals surface area contributed by atoms with Gasteiger partial charge >= 0.3 is 0 Å². The van der Waals surface area contributed by atoms with Crippen molar-refractivity contribution in [3.8, 4) is 5.75 Å². The van der Waals surface area contributed by atoms with E-state index in [1.165, 1.54) is 0 Å². The van der Waals surface area contributed by atoms with Gasteiger partial charge in [-0.25, -0.2) is 0 Å². The number of methoxy groups -OCH3 is 1. The monoisotopic (exact) mass is 348 g/mol. The van der Waals surface area contributed by atoms with E-state index in [4.69, 9.17) is 10.5 Å². The summed E-state index contributed by atoms with van der Waals surface area (Å²) in [6, 6.07) is 15.4. The number of hydrogen-bond donors (Lipinski definition) is 1. The minimum absolute atomic E-state index is 0. The third kappa shape index (κ3) is 4.73. The van der Waals surface area contributed by atoms with Crippen molar-refractivity contribution in [1.82, 2.24) is 4.90 Å². The number of nitrogens with two attached hydrogens (primary N) is 1. The van der Waals surface area contributed by atoms with Gasteiger partial charge in [-0.15, -0.1) is 12.4 Å². The topological polar surface area (TPSA) is 55.6 Å². The molecule has 0 aliphatic carbocycles. The first-order valence-electron chi connectivity index (χ1n) is 7.75. The molecule has 5 heteroatoms. The minimum atomic E-state index is 0. The summed E-state index contributed by atoms with van der Waals surface area (Å²) >= 11 is 0. The van der Waals surface area contributed by atoms with Gasteiger partial charge in [-0.2, -0.15) is 0 Å². The Morgan fingerprint density at radius 3 is 2.38 bits per heavy atom. The van der Waals surface area contributed by atoms with Crippen LogP contribution in [-0.2, 0) is 13.0 Å². The lowest BCUT2D eigenvalue weighted by molar-refractivity contribution is 0.0743. The van der Waals surface area contributed by atoms with E-state index in [0.29, 0.717) is 12.1 Å². The zero-order valence-electron chi connectivity index (χ0n) is 14.4. The fourth-order valence-electron chi connectivity index (χ4n) is 2.51. The van der Waals surface area contributed by atoms with Crippen molar-refractivity contribution in [3.05, 3.63) is 65.2 Å². The molecule has 24 heavy (non-hydrogen) atoms. The van der Waals surface area contributed by atoms with Crippen molar-refractivity contribution >= 4 is 18.3 Å². The third-order valence-electron chi connectivity index (χ3n) is 4.13. The predicted molar refractivity (Wildman–Crippen MR) is 99.8 cm³/mol. The van der Waals surface area contributed by atoms with Crippen molar-refractivity contribution in [1.29, 1.82) is 0 Å². The van der Waals surface area contributed by atoms with Gasteiger partial charge in [0.1, 0.15) is 5.75 Å². The summed E-state index contributed by atoms with van der Waals surface area (Å²) in [5.41, 5.74) is 8.38. The van der Waals surface area contributed by atoms with Crippen molar-refractivity contribution in [2.75, 3.05) is 14.2 Å². The van der Waals surface area contributed by atoms with E-state index in [-0.39, 0.29) is 24.4 Å². The van der Waals surface area contributed by atoms with E-state index in [9.17, 15) is 4.79 Å². The lowest BCUT2D eigenvalue weighted by Gasteiger charge is -2.26. The first-order valence-corrected chi connectivity index (χ1v) is 7.75. The summed E-state index contributed by atoms with van der Waals surface area (Å²) < 4.78 is 5.38. The Balaban J connectivity index is 0.00000288. The normalized spacial score (nSPS) is 11.3. The number of ether oxygens (including phenoxy) is 1. The number of benzene rings is 2. The van der Waals surface area contributed by atoms with Crippen LogP contribution in [0.2, 0.25) is 0 Å². The Kier molecular flexibility index (Phi) is 7.75. The van der Waals surface area contributed by atoms with Gasteiger partial charge in [0, 0.05) is 25.2 Å². The fourth-order valence-corrected chi connectivity index (χ4v) is 2.51. The quantitative estimate of drug-likeness (QED) is 0.871. The first kappa shape index (κ1) is 20.0. The molecule has 0 aliphatic heterocycles. The molecule has 1 amide bonds. The maximum atomic E-state index is 12.6. The molecule has 0 heterocycles. The largest absolute Gasteiger partial charge is 0.496 e. The highest BCUT2D eigenvalue weighted by Gasteiger charge is 2.19. The van der Waals surface area contributed by atoms with Crippen molar-refractivity contribution in [2.24, 2.45) is 5.73 Å². The van der Waals surface area contributed by atoms with Crippen LogP contribution >= 0.6 is 12.4 Å². The number of hydrogen-bond acceptors (Lipinski definition) is 3. The lowest BCUT2D eigenvalue weighted by atomic mass is 10.0. The number of rotatable bonds is 6. The number of halogens is 1. The van der Waals surface area contributed by atoms with Crippen LogP contribution in [0.1, 0.15) is 28.4 Å². The van der Waals surface area contributed by atoms with E-state index in [1.807, 2.05) is 62.5 Å². The molecule has 0 fully saturated rings. The summed E-state index contributed by atoms with van der Waals surface area (Å²) in [7, 11) is 3.50. The molecule has 0 aliphatic rings. The van der Waals surface area contributed by atoms with Gasteiger partial charge < -0.3 is 15.4 Å². The van der Waals surface area contributed by atoms with E-state index in [2.05, 4.69) is 0 Å². The molecule has 0 spiro atoms. The summed E-state index contributed by atoms with van der Waals surface area (Å²) in [4.78, 5) is 14.4. The zero-order chi connectivity index (χ0) is 16.8. The maximum Gasteiger partial charge on any atom is 0.253 e. The van der Waals surface area contributed by atoms with Crippen LogP contribution in [-0.4, -0.2) is 31.0 Å². The van der Waals surface area contributed by atoms with Gasteiger partial charge in [-0.1, -0.05) is 30.3 Å². The molecular formula is C19H25ClN2O2. The van der Waals surface area contributed by atoms with Gasteiger partial charge in [-0.3, -0.25) is 4.79 Å². The van der Waals surface area contributed by atoms with Crippen molar-refractivity contribution in [3.63, 3.8) is 0 Å². The van der Waals surface area contributed by atoms with Crippen LogP contribution in [0.15, 0.2) is 48.5 Å². The number of amides is 1. The zero-order valence-corrected chi connectivity index (χ0v) is 15.2. The van der Waals surface area contributed by atoms with Gasteiger partial charge in [0.05, 0.1) is 7.11 Å². The smallest absolute Gasteiger partial charge is 0.253 e. The SMILES string of the molecule is COc1ccccc1CC(C)N(C)C(=O)c1ccc(CN)cc1.Cl. The van der Waals surface area contributed by atoms with E-state index < -0.39 is 0 Å². The van der Waals surface area contributed by atoms with Crippen LogP contribution < -0.4 is 10.5 Å². The highest BCUT2D eigenvalue weighted by Crippen LogP contribution is 2.21. The second-order valence-corrected chi connectivity index (χ2v) is 5.68. The molecule has 0 saturated heterocycles. The van der Waals surface area contributed by atoms with Gasteiger partial charge in [0.25, 0.3) is 5.91 Å². The number of carbonyl (C=O) groups excluding carboxylic acids is 1. The van der Waals surface area contributed by atoms with Gasteiger partial charge in [0.2, 0.25) is 0 Å². The van der Waals surface area contributed by atoms with E-state index >= 15 is 0 Å². The molecule has 4 nitrogen and oxygen atoms in total. The summed E-state index contributed by atoms with van der Waals surface area (Å²) in [6.07, 6.45) is 0.743. The molecule has 130 valence electrons. The maximum absolute atomic E-state index is 12.6. The number of para-hydroxylation sites is 1. The molecular weight excluding hydrogens is 324 g/mol. The van der Waals surface area contributed by atoms with Gasteiger partial charge in [0.15, 0.2) is 0 Å². The molecule has 2 N–H and O–H groups in total. The average molecular weight is 349 g/mol. The van der Waals surface area contributed by atoms with Crippen molar-refractivity contribution < 1.29 is 9.53 Å². The highest BCUT2D eigenvalue weighted by atomic mass is 35.5. The summed E-state index contributed by atoms with van der Waals surface area (Å²) in [6.45, 7) is 2.52. The van der Waals surface area contributed by atoms with Crippen LogP contribution in [0, 0.1) is 0 Å². The standard InChI is InChI=1S/C19H24N2O2.ClH/c1-14(12-17-6-4-5-7-18(17)23-3)21(2)19(22)16-10-8-15(13-20)9-11-16;/h4-11,14H,12-13,20H2,1-3H3;1H. The Morgan fingerprint density at radius 2 is 1.79 bits per heavy atom. The van der Waals surface area contributed by atoms with Crippen LogP contribution in [0.4, 0.5) is 0 Å². The van der Waals surface area contributed by atoms with Crippen LogP contribution in [0.5, 0.6) is 5.75 Å². The Morgan fingerprint density at radius 1 is 1.17 bits per heavy atom. The first-order chi connectivity index (χ1) is 11.1. The molecule has 1 atom stereocenters. The summed E-state index contributed by atoms with van der Waals surface area (Å²) in [5, 5.41) is 0.